The van der Waals surface area contributed by atoms with E-state index in [1.807, 2.05) is 24.3 Å². The van der Waals surface area contributed by atoms with Crippen molar-refractivity contribution >= 4 is 34.4 Å². The first kappa shape index (κ1) is 25.5. The Labute approximate surface area is 230 Å². The van der Waals surface area contributed by atoms with Gasteiger partial charge in [-0.25, -0.2) is 9.78 Å². The van der Waals surface area contributed by atoms with Crippen LogP contribution in [0.1, 0.15) is 34.7 Å². The Balaban J connectivity index is 1.10. The highest BCUT2D eigenvalue weighted by Crippen LogP contribution is 2.25. The number of fused-ring (bicyclic) bond motifs is 1. The van der Waals surface area contributed by atoms with E-state index in [-0.39, 0.29) is 17.7 Å². The Morgan fingerprint density at radius 2 is 2.08 bits per heavy atom. The van der Waals surface area contributed by atoms with Crippen LogP contribution in [-0.4, -0.2) is 67.3 Å². The maximum atomic E-state index is 11.6. The second-order valence-corrected chi connectivity index (χ2v) is 10.3. The van der Waals surface area contributed by atoms with Gasteiger partial charge in [0.2, 0.25) is 5.88 Å². The summed E-state index contributed by atoms with van der Waals surface area (Å²) >= 11 is 5.90. The molecule has 2 fully saturated rings. The lowest BCUT2D eigenvalue weighted by Gasteiger charge is -2.28. The summed E-state index contributed by atoms with van der Waals surface area (Å²) < 4.78 is 13.6. The van der Waals surface area contributed by atoms with E-state index in [4.69, 9.17) is 26.1 Å². The number of likely N-dealkylation sites (tertiary alicyclic amines) is 1. The number of aromatic carboxylic acids is 1. The molecular formula is C28H29ClN6O4. The van der Waals surface area contributed by atoms with E-state index in [1.54, 1.807) is 30.5 Å². The first-order valence-corrected chi connectivity index (χ1v) is 13.4. The van der Waals surface area contributed by atoms with Crippen LogP contribution in [0.4, 0.5) is 5.82 Å². The molecule has 2 atom stereocenters. The quantitative estimate of drug-likeness (QED) is 0.300. The van der Waals surface area contributed by atoms with Gasteiger partial charge >= 0.3 is 5.97 Å². The van der Waals surface area contributed by atoms with Crippen LogP contribution in [0.15, 0.2) is 54.7 Å². The zero-order valence-corrected chi connectivity index (χ0v) is 22.0. The Bertz CT molecular complexity index is 1470. The highest BCUT2D eigenvalue weighted by molar-refractivity contribution is 6.30. The number of imidazole rings is 1. The Kier molecular flexibility index (Phi) is 7.32. The number of carboxylic acids is 1. The van der Waals surface area contributed by atoms with Gasteiger partial charge in [-0.1, -0.05) is 17.7 Å². The maximum Gasteiger partial charge on any atom is 0.335 e. The van der Waals surface area contributed by atoms with E-state index in [1.165, 1.54) is 0 Å². The second kappa shape index (κ2) is 11.2. The number of carbonyl (C=O) groups is 1. The summed E-state index contributed by atoms with van der Waals surface area (Å²) in [5, 5.41) is 13.6. The topological polar surface area (TPSA) is 115 Å². The minimum Gasteiger partial charge on any atom is -0.478 e. The molecule has 11 heteroatoms. The molecule has 0 bridgehead atoms. The highest BCUT2D eigenvalue weighted by Gasteiger charge is 2.27. The minimum atomic E-state index is -0.940. The molecule has 3 aromatic heterocycles. The normalized spacial score (nSPS) is 19.2. The van der Waals surface area contributed by atoms with Gasteiger partial charge in [0, 0.05) is 38.0 Å². The van der Waals surface area contributed by atoms with Gasteiger partial charge < -0.3 is 24.5 Å². The molecule has 2 N–H and O–H groups in total. The molecule has 6 rings (SSSR count). The van der Waals surface area contributed by atoms with Crippen molar-refractivity contribution in [3.05, 3.63) is 76.8 Å². The molecule has 2 aliphatic heterocycles. The molecule has 2 saturated heterocycles. The number of aromatic nitrogens is 4. The predicted octanol–water partition coefficient (Wildman–Crippen LogP) is 4.23. The molecule has 4 aromatic rings. The molecule has 0 saturated carbocycles. The molecule has 2 aliphatic rings. The molecule has 202 valence electrons. The number of nitrogens with one attached hydrogen (secondary N) is 1. The number of ether oxygens (including phenoxy) is 2. The summed E-state index contributed by atoms with van der Waals surface area (Å²) in [6.45, 7) is 4.18. The molecule has 0 radical (unpaired) electrons. The number of hydrogen-bond donors (Lipinski definition) is 2. The SMILES string of the molecule is O=C(O)c1ccc2nc(CN3CC[C@@H](Nc4cccc(OCc5ccc(Cl)cn5)n4)C3)n(C[C@@H]3CCO3)c2c1. The molecule has 10 nitrogen and oxygen atoms in total. The summed E-state index contributed by atoms with van der Waals surface area (Å²) in [6, 6.07) is 14.6. The van der Waals surface area contributed by atoms with Crippen molar-refractivity contribution in [2.75, 3.05) is 25.0 Å². The zero-order valence-electron chi connectivity index (χ0n) is 21.3. The molecule has 0 aliphatic carbocycles. The van der Waals surface area contributed by atoms with Crippen LogP contribution in [0.3, 0.4) is 0 Å². The first-order valence-electron chi connectivity index (χ1n) is 13.0. The van der Waals surface area contributed by atoms with Crippen LogP contribution in [0.25, 0.3) is 11.0 Å². The third-order valence-electron chi connectivity index (χ3n) is 7.12. The molecule has 1 aromatic carbocycles. The lowest BCUT2D eigenvalue weighted by atomic mass is 10.1. The fraction of sp³-hybridized carbons (Fsp3) is 0.357. The number of pyridine rings is 2. The summed E-state index contributed by atoms with van der Waals surface area (Å²) in [4.78, 5) is 27.7. The van der Waals surface area contributed by atoms with Gasteiger partial charge in [-0.2, -0.15) is 4.98 Å². The molecule has 0 unspecified atom stereocenters. The minimum absolute atomic E-state index is 0.138. The Morgan fingerprint density at radius 1 is 1.18 bits per heavy atom. The molecule has 0 amide bonds. The Morgan fingerprint density at radius 3 is 2.85 bits per heavy atom. The Hall–Kier alpha value is -3.73. The maximum absolute atomic E-state index is 11.6. The molecule has 0 spiro atoms. The zero-order chi connectivity index (χ0) is 26.8. The fourth-order valence-corrected chi connectivity index (χ4v) is 5.09. The van der Waals surface area contributed by atoms with Crippen LogP contribution in [0.2, 0.25) is 5.02 Å². The summed E-state index contributed by atoms with van der Waals surface area (Å²) in [5.74, 6) is 1.27. The largest absolute Gasteiger partial charge is 0.478 e. The van der Waals surface area contributed by atoms with Gasteiger partial charge in [0.25, 0.3) is 0 Å². The average molecular weight is 549 g/mol. The number of nitrogens with zero attached hydrogens (tertiary/aromatic N) is 5. The van der Waals surface area contributed by atoms with Crippen molar-refractivity contribution in [1.82, 2.24) is 24.4 Å². The van der Waals surface area contributed by atoms with Crippen molar-refractivity contribution in [3.63, 3.8) is 0 Å². The van der Waals surface area contributed by atoms with Gasteiger partial charge in [-0.3, -0.25) is 9.88 Å². The van der Waals surface area contributed by atoms with E-state index in [0.29, 0.717) is 30.6 Å². The van der Waals surface area contributed by atoms with Crippen LogP contribution in [-0.2, 0) is 24.4 Å². The number of halogens is 1. The standard InChI is InChI=1S/C28H29ClN6O4/c29-19-5-6-21(30-13-19)17-39-27-3-1-2-25(33-27)31-20-8-10-34(14-20)16-26-32-23-7-4-18(28(36)37)12-24(23)35(26)15-22-9-11-38-22/h1-7,12-13,20,22H,8-11,14-17H2,(H,31,33)(H,36,37)/t20-,22+/m1/s1. The van der Waals surface area contributed by atoms with Crippen molar-refractivity contribution < 1.29 is 19.4 Å². The van der Waals surface area contributed by atoms with E-state index >= 15 is 0 Å². The fourth-order valence-electron chi connectivity index (χ4n) is 4.98. The third kappa shape index (κ3) is 5.98. The first-order chi connectivity index (χ1) is 19.0. The van der Waals surface area contributed by atoms with Gasteiger partial charge in [0.1, 0.15) is 18.2 Å². The van der Waals surface area contributed by atoms with E-state index < -0.39 is 5.97 Å². The van der Waals surface area contributed by atoms with Crippen molar-refractivity contribution in [2.45, 2.75) is 44.7 Å². The van der Waals surface area contributed by atoms with Crippen LogP contribution in [0.5, 0.6) is 5.88 Å². The van der Waals surface area contributed by atoms with Gasteiger partial charge in [-0.15, -0.1) is 0 Å². The van der Waals surface area contributed by atoms with Crippen molar-refractivity contribution in [2.24, 2.45) is 0 Å². The average Bonchev–Trinajstić information content (AvgIpc) is 3.49. The van der Waals surface area contributed by atoms with Crippen molar-refractivity contribution in [1.29, 1.82) is 0 Å². The second-order valence-electron chi connectivity index (χ2n) is 9.91. The number of benzene rings is 1. The van der Waals surface area contributed by atoms with Gasteiger partial charge in [-0.05, 0) is 49.2 Å². The van der Waals surface area contributed by atoms with E-state index in [9.17, 15) is 9.90 Å². The summed E-state index contributed by atoms with van der Waals surface area (Å²) in [7, 11) is 0. The lowest BCUT2D eigenvalue weighted by Crippen LogP contribution is -2.33. The van der Waals surface area contributed by atoms with E-state index in [2.05, 4.69) is 24.8 Å². The van der Waals surface area contributed by atoms with Crippen LogP contribution < -0.4 is 10.1 Å². The number of hydrogen-bond acceptors (Lipinski definition) is 8. The lowest BCUT2D eigenvalue weighted by molar-refractivity contribution is -0.0591. The van der Waals surface area contributed by atoms with Crippen LogP contribution in [0, 0.1) is 0 Å². The number of rotatable bonds is 10. The molecular weight excluding hydrogens is 520 g/mol. The number of anilines is 1. The van der Waals surface area contributed by atoms with Crippen molar-refractivity contribution in [3.8, 4) is 5.88 Å². The van der Waals surface area contributed by atoms with E-state index in [0.717, 1.165) is 60.9 Å². The monoisotopic (exact) mass is 548 g/mol. The third-order valence-corrected chi connectivity index (χ3v) is 7.35. The van der Waals surface area contributed by atoms with Gasteiger partial charge in [0.05, 0.1) is 46.5 Å². The molecule has 39 heavy (non-hydrogen) atoms. The summed E-state index contributed by atoms with van der Waals surface area (Å²) in [6.07, 6.45) is 3.70. The highest BCUT2D eigenvalue weighted by atomic mass is 35.5. The predicted molar refractivity (Wildman–Crippen MR) is 146 cm³/mol. The van der Waals surface area contributed by atoms with Gasteiger partial charge in [0.15, 0.2) is 0 Å². The summed E-state index contributed by atoms with van der Waals surface area (Å²) in [5.41, 5.74) is 2.68. The number of carboxylic acid groups (broad SMARTS) is 1. The molecule has 5 heterocycles. The van der Waals surface area contributed by atoms with Crippen LogP contribution >= 0.6 is 11.6 Å². The smallest absolute Gasteiger partial charge is 0.335 e.